The Hall–Kier alpha value is -3.74. The second kappa shape index (κ2) is 10.0. The summed E-state index contributed by atoms with van der Waals surface area (Å²) < 4.78 is 0. The number of aromatic nitrogens is 2. The molecule has 0 aliphatic heterocycles. The molecule has 2 heterocycles. The van der Waals surface area contributed by atoms with Gasteiger partial charge in [0.2, 0.25) is 0 Å². The number of anilines is 1. The molecule has 0 atom stereocenters. The second-order valence-electron chi connectivity index (χ2n) is 7.93. The number of rotatable bonds is 8. The molecule has 4 rings (SSSR count). The standard InChI is InChI=1S/C26H28N6/c1-20-8-9-22-15-26(11-10-21(22)14-20)32(28)17-23(27)16-31(18-24-6-2-4-12-29-24)19-25-7-3-5-13-30-25/h2-15,17H,16,18-19,27-28H2,1H3/b23-17-. The minimum absolute atomic E-state index is 0.535. The van der Waals surface area contributed by atoms with E-state index in [1.165, 1.54) is 10.9 Å². The summed E-state index contributed by atoms with van der Waals surface area (Å²) in [6, 6.07) is 24.4. The van der Waals surface area contributed by atoms with Crippen molar-refractivity contribution in [2.24, 2.45) is 11.6 Å². The van der Waals surface area contributed by atoms with E-state index in [1.54, 1.807) is 23.6 Å². The number of fused-ring (bicyclic) bond motifs is 1. The molecule has 0 spiro atoms. The zero-order valence-corrected chi connectivity index (χ0v) is 18.2. The van der Waals surface area contributed by atoms with Gasteiger partial charge in [-0.25, -0.2) is 5.84 Å². The van der Waals surface area contributed by atoms with E-state index in [0.717, 1.165) is 22.5 Å². The number of benzene rings is 2. The average Bonchev–Trinajstić information content (AvgIpc) is 2.80. The van der Waals surface area contributed by atoms with Crippen LogP contribution in [0.3, 0.4) is 0 Å². The Morgan fingerprint density at radius 1 is 0.844 bits per heavy atom. The SMILES string of the molecule is Cc1ccc2cc(N(N)/C=C(\N)CN(Cc3ccccn3)Cc3ccccn3)ccc2c1. The molecule has 0 radical (unpaired) electrons. The number of hydrazine groups is 1. The van der Waals surface area contributed by atoms with E-state index in [4.69, 9.17) is 11.6 Å². The Bertz CT molecular complexity index is 1150. The molecule has 32 heavy (non-hydrogen) atoms. The number of pyridine rings is 2. The lowest BCUT2D eigenvalue weighted by atomic mass is 10.1. The third kappa shape index (κ3) is 5.69. The normalized spacial score (nSPS) is 11.8. The van der Waals surface area contributed by atoms with Crippen molar-refractivity contribution in [3.63, 3.8) is 0 Å². The Labute approximate surface area is 188 Å². The lowest BCUT2D eigenvalue weighted by Crippen LogP contribution is -2.31. The van der Waals surface area contributed by atoms with Gasteiger partial charge in [0.25, 0.3) is 0 Å². The van der Waals surface area contributed by atoms with Crippen LogP contribution < -0.4 is 16.6 Å². The maximum absolute atomic E-state index is 6.41. The monoisotopic (exact) mass is 424 g/mol. The quantitative estimate of drug-likeness (QED) is 0.327. The van der Waals surface area contributed by atoms with Crippen LogP contribution in [0.4, 0.5) is 5.69 Å². The van der Waals surface area contributed by atoms with Gasteiger partial charge in [-0.3, -0.25) is 19.9 Å². The molecule has 0 unspecified atom stereocenters. The van der Waals surface area contributed by atoms with Crippen molar-refractivity contribution in [1.29, 1.82) is 0 Å². The first kappa shape index (κ1) is 21.5. The summed E-state index contributed by atoms with van der Waals surface area (Å²) in [6.07, 6.45) is 5.38. The van der Waals surface area contributed by atoms with Crippen LogP contribution in [0, 0.1) is 6.92 Å². The topological polar surface area (TPSA) is 84.3 Å². The van der Waals surface area contributed by atoms with Crippen molar-refractivity contribution in [2.75, 3.05) is 11.6 Å². The van der Waals surface area contributed by atoms with E-state index >= 15 is 0 Å². The average molecular weight is 425 g/mol. The molecule has 0 fully saturated rings. The fourth-order valence-electron chi connectivity index (χ4n) is 3.67. The third-order valence-electron chi connectivity index (χ3n) is 5.21. The highest BCUT2D eigenvalue weighted by molar-refractivity contribution is 5.86. The zero-order chi connectivity index (χ0) is 22.3. The number of aryl methyl sites for hydroxylation is 1. The van der Waals surface area contributed by atoms with Gasteiger partial charge in [0.05, 0.1) is 17.1 Å². The molecule has 0 saturated heterocycles. The molecule has 2 aromatic heterocycles. The van der Waals surface area contributed by atoms with E-state index < -0.39 is 0 Å². The van der Waals surface area contributed by atoms with Crippen LogP contribution in [-0.2, 0) is 13.1 Å². The lowest BCUT2D eigenvalue weighted by molar-refractivity contribution is 0.271. The fraction of sp³-hybridized carbons (Fsp3) is 0.154. The first-order valence-corrected chi connectivity index (χ1v) is 10.6. The van der Waals surface area contributed by atoms with E-state index in [0.29, 0.717) is 25.3 Å². The summed E-state index contributed by atoms with van der Waals surface area (Å²) in [5.74, 6) is 6.33. The molecule has 0 bridgehead atoms. The molecule has 0 aliphatic carbocycles. The summed E-state index contributed by atoms with van der Waals surface area (Å²) in [5.41, 5.74) is 11.1. The van der Waals surface area contributed by atoms with Crippen molar-refractivity contribution in [2.45, 2.75) is 20.0 Å². The van der Waals surface area contributed by atoms with Crippen molar-refractivity contribution in [3.05, 3.63) is 114 Å². The Morgan fingerprint density at radius 3 is 2.09 bits per heavy atom. The van der Waals surface area contributed by atoms with Gasteiger partial charge in [0.1, 0.15) is 0 Å². The molecule has 2 aromatic carbocycles. The predicted molar refractivity (Wildman–Crippen MR) is 130 cm³/mol. The minimum Gasteiger partial charge on any atom is -0.400 e. The highest BCUT2D eigenvalue weighted by atomic mass is 15.4. The van der Waals surface area contributed by atoms with Crippen LogP contribution in [-0.4, -0.2) is 21.4 Å². The van der Waals surface area contributed by atoms with Gasteiger partial charge < -0.3 is 5.73 Å². The number of nitrogens with two attached hydrogens (primary N) is 2. The van der Waals surface area contributed by atoms with E-state index in [2.05, 4.69) is 52.1 Å². The van der Waals surface area contributed by atoms with Gasteiger partial charge in [0, 0.05) is 43.9 Å². The summed E-state index contributed by atoms with van der Waals surface area (Å²) in [5, 5.41) is 3.91. The van der Waals surface area contributed by atoms with Crippen molar-refractivity contribution in [3.8, 4) is 0 Å². The molecular weight excluding hydrogens is 396 g/mol. The summed E-state index contributed by atoms with van der Waals surface area (Å²) in [7, 11) is 0. The van der Waals surface area contributed by atoms with Crippen molar-refractivity contribution >= 4 is 16.5 Å². The highest BCUT2D eigenvalue weighted by Crippen LogP contribution is 2.22. The Kier molecular flexibility index (Phi) is 6.75. The smallest absolute Gasteiger partial charge is 0.0575 e. The second-order valence-corrected chi connectivity index (χ2v) is 7.93. The van der Waals surface area contributed by atoms with Crippen molar-refractivity contribution < 1.29 is 0 Å². The molecule has 6 nitrogen and oxygen atoms in total. The summed E-state index contributed by atoms with van der Waals surface area (Å²) in [6.45, 7) is 3.94. The van der Waals surface area contributed by atoms with Gasteiger partial charge in [-0.05, 0) is 54.1 Å². The summed E-state index contributed by atoms with van der Waals surface area (Å²) in [4.78, 5) is 11.1. The largest absolute Gasteiger partial charge is 0.400 e. The molecule has 4 N–H and O–H groups in total. The van der Waals surface area contributed by atoms with Crippen LogP contribution in [0.2, 0.25) is 0 Å². The van der Waals surface area contributed by atoms with E-state index in [9.17, 15) is 0 Å². The van der Waals surface area contributed by atoms with Crippen LogP contribution >= 0.6 is 0 Å². The van der Waals surface area contributed by atoms with Crippen LogP contribution in [0.15, 0.2) is 97.1 Å². The molecule has 0 saturated carbocycles. The zero-order valence-electron chi connectivity index (χ0n) is 18.2. The first-order chi connectivity index (χ1) is 15.6. The van der Waals surface area contributed by atoms with Gasteiger partial charge in [-0.2, -0.15) is 0 Å². The van der Waals surface area contributed by atoms with E-state index in [1.807, 2.05) is 42.5 Å². The Morgan fingerprint density at radius 2 is 1.47 bits per heavy atom. The number of nitrogens with zero attached hydrogens (tertiary/aromatic N) is 4. The first-order valence-electron chi connectivity index (χ1n) is 10.6. The van der Waals surface area contributed by atoms with Gasteiger partial charge in [-0.15, -0.1) is 0 Å². The number of hydrogen-bond acceptors (Lipinski definition) is 6. The predicted octanol–water partition coefficient (Wildman–Crippen LogP) is 4.12. The maximum Gasteiger partial charge on any atom is 0.0575 e. The van der Waals surface area contributed by atoms with Gasteiger partial charge >= 0.3 is 0 Å². The van der Waals surface area contributed by atoms with Crippen LogP contribution in [0.1, 0.15) is 17.0 Å². The van der Waals surface area contributed by atoms with Gasteiger partial charge in [0.15, 0.2) is 0 Å². The highest BCUT2D eigenvalue weighted by Gasteiger charge is 2.11. The molecule has 0 aliphatic rings. The van der Waals surface area contributed by atoms with E-state index in [-0.39, 0.29) is 0 Å². The third-order valence-corrected chi connectivity index (χ3v) is 5.21. The van der Waals surface area contributed by atoms with Crippen LogP contribution in [0.5, 0.6) is 0 Å². The molecule has 4 aromatic rings. The van der Waals surface area contributed by atoms with Gasteiger partial charge in [-0.1, -0.05) is 42.0 Å². The maximum atomic E-state index is 6.41. The fourth-order valence-corrected chi connectivity index (χ4v) is 3.67. The molecule has 162 valence electrons. The van der Waals surface area contributed by atoms with Crippen LogP contribution in [0.25, 0.3) is 10.8 Å². The summed E-state index contributed by atoms with van der Waals surface area (Å²) >= 11 is 0. The lowest BCUT2D eigenvalue weighted by Gasteiger charge is -2.23. The molecule has 6 heteroatoms. The number of hydrogen-bond donors (Lipinski definition) is 2. The Balaban J connectivity index is 1.50. The molecule has 0 amide bonds. The van der Waals surface area contributed by atoms with Crippen molar-refractivity contribution in [1.82, 2.24) is 14.9 Å². The molecular formula is C26H28N6. The minimum atomic E-state index is 0.535.